The Balaban J connectivity index is 1.45. The van der Waals surface area contributed by atoms with E-state index in [-0.39, 0.29) is 28.5 Å². The fourth-order valence-corrected chi connectivity index (χ4v) is 4.32. The van der Waals surface area contributed by atoms with E-state index < -0.39 is 0 Å². The van der Waals surface area contributed by atoms with Crippen LogP contribution in [0.4, 0.5) is 11.4 Å². The van der Waals surface area contributed by atoms with Crippen molar-refractivity contribution in [1.82, 2.24) is 10.2 Å². The molecule has 3 aliphatic heterocycles. The summed E-state index contributed by atoms with van der Waals surface area (Å²) in [5.41, 5.74) is 1.91. The molecule has 2 fully saturated rings. The smallest absolute Gasteiger partial charge is 0.269 e. The number of carbonyl (C=O) groups is 1. The van der Waals surface area contributed by atoms with Gasteiger partial charge in [0.1, 0.15) is 0 Å². The molecule has 1 aromatic rings. The van der Waals surface area contributed by atoms with Crippen molar-refractivity contribution >= 4 is 17.3 Å². The molecule has 1 N–H and O–H groups in total. The first kappa shape index (κ1) is 19.1. The Labute approximate surface area is 163 Å². The number of nitro benzene ring substituents is 1. The number of anilines is 1. The lowest BCUT2D eigenvalue weighted by Crippen LogP contribution is -2.57. The van der Waals surface area contributed by atoms with Crippen molar-refractivity contribution < 1.29 is 19.2 Å². The molecule has 0 spiro atoms. The van der Waals surface area contributed by atoms with Crippen LogP contribution in [-0.2, 0) is 20.7 Å². The average molecular weight is 390 g/mol. The van der Waals surface area contributed by atoms with Gasteiger partial charge in [0.05, 0.1) is 43.3 Å². The van der Waals surface area contributed by atoms with Gasteiger partial charge in [0, 0.05) is 50.5 Å². The van der Waals surface area contributed by atoms with Gasteiger partial charge in [-0.1, -0.05) is 0 Å². The van der Waals surface area contributed by atoms with E-state index in [1.807, 2.05) is 0 Å². The van der Waals surface area contributed by atoms with Crippen LogP contribution in [0.1, 0.15) is 5.56 Å². The molecule has 0 radical (unpaired) electrons. The second-order valence-electron chi connectivity index (χ2n) is 7.46. The van der Waals surface area contributed by atoms with Gasteiger partial charge in [-0.05, 0) is 18.1 Å². The van der Waals surface area contributed by atoms with Crippen molar-refractivity contribution in [3.8, 4) is 0 Å². The number of nitrogens with one attached hydrogen (secondary N) is 1. The summed E-state index contributed by atoms with van der Waals surface area (Å²) >= 11 is 0. The van der Waals surface area contributed by atoms with E-state index >= 15 is 0 Å². The number of rotatable bonds is 5. The minimum atomic E-state index is -0.386. The fourth-order valence-electron chi connectivity index (χ4n) is 4.32. The maximum Gasteiger partial charge on any atom is 0.269 e. The molecule has 1 amide bonds. The van der Waals surface area contributed by atoms with Crippen LogP contribution in [0.5, 0.6) is 0 Å². The lowest BCUT2D eigenvalue weighted by Gasteiger charge is -2.45. The molecule has 28 heavy (non-hydrogen) atoms. The minimum absolute atomic E-state index is 0.00841. The van der Waals surface area contributed by atoms with Gasteiger partial charge >= 0.3 is 0 Å². The predicted molar refractivity (Wildman–Crippen MR) is 103 cm³/mol. The van der Waals surface area contributed by atoms with Gasteiger partial charge < -0.3 is 19.7 Å². The van der Waals surface area contributed by atoms with Crippen LogP contribution in [0.25, 0.3) is 0 Å². The molecule has 0 saturated carbocycles. The Kier molecular flexibility index (Phi) is 5.74. The first-order valence-corrected chi connectivity index (χ1v) is 9.83. The number of ether oxygens (including phenoxy) is 2. The van der Waals surface area contributed by atoms with Crippen molar-refractivity contribution in [2.75, 3.05) is 64.1 Å². The lowest BCUT2D eigenvalue weighted by molar-refractivity contribution is -0.384. The number of morpholine rings is 2. The summed E-state index contributed by atoms with van der Waals surface area (Å²) in [6, 6.07) is 4.91. The molecule has 2 atom stereocenters. The quantitative estimate of drug-likeness (QED) is 0.575. The number of non-ortho nitro benzene ring substituents is 1. The number of nitro groups is 1. The molecule has 4 rings (SSSR count). The summed E-state index contributed by atoms with van der Waals surface area (Å²) in [4.78, 5) is 28.2. The van der Waals surface area contributed by atoms with Crippen LogP contribution in [-0.4, -0.2) is 80.9 Å². The standard InChI is InChI=1S/C19H26N4O5/c24-19(20-3-4-21-5-8-27-9-6-21)16-12-14-11-15(23(25)26)1-2-17(14)22-7-10-28-13-18(16)22/h1-2,11,16,18H,3-10,12-13H2,(H,20,24). The van der Waals surface area contributed by atoms with E-state index in [1.54, 1.807) is 12.1 Å². The summed E-state index contributed by atoms with van der Waals surface area (Å²) in [7, 11) is 0. The Morgan fingerprint density at radius 3 is 2.79 bits per heavy atom. The zero-order valence-electron chi connectivity index (χ0n) is 15.8. The molecule has 9 nitrogen and oxygen atoms in total. The maximum atomic E-state index is 13.0. The third-order valence-electron chi connectivity index (χ3n) is 5.82. The molecular formula is C19H26N4O5. The second kappa shape index (κ2) is 8.42. The van der Waals surface area contributed by atoms with Gasteiger partial charge in [0.2, 0.25) is 5.91 Å². The fraction of sp³-hybridized carbons (Fsp3) is 0.632. The summed E-state index contributed by atoms with van der Waals surface area (Å²) in [5.74, 6) is -0.287. The first-order chi connectivity index (χ1) is 13.6. The molecule has 152 valence electrons. The Morgan fingerprint density at radius 2 is 2.00 bits per heavy atom. The van der Waals surface area contributed by atoms with E-state index in [0.717, 1.165) is 44.1 Å². The second-order valence-corrected chi connectivity index (χ2v) is 7.46. The number of hydrogen-bond donors (Lipinski definition) is 1. The molecule has 2 unspecified atom stereocenters. The van der Waals surface area contributed by atoms with Gasteiger partial charge in [-0.3, -0.25) is 19.8 Å². The first-order valence-electron chi connectivity index (χ1n) is 9.83. The van der Waals surface area contributed by atoms with Crippen LogP contribution < -0.4 is 10.2 Å². The van der Waals surface area contributed by atoms with Gasteiger partial charge in [-0.25, -0.2) is 0 Å². The summed E-state index contributed by atoms with van der Waals surface area (Å²) in [6.45, 7) is 6.42. The minimum Gasteiger partial charge on any atom is -0.379 e. The molecule has 1 aromatic carbocycles. The average Bonchev–Trinajstić information content (AvgIpc) is 2.73. The maximum absolute atomic E-state index is 13.0. The van der Waals surface area contributed by atoms with E-state index in [4.69, 9.17) is 9.47 Å². The molecule has 0 aromatic heterocycles. The van der Waals surface area contributed by atoms with E-state index in [0.29, 0.717) is 32.7 Å². The highest BCUT2D eigenvalue weighted by Crippen LogP contribution is 2.37. The predicted octanol–water partition coefficient (Wildman–Crippen LogP) is 0.421. The van der Waals surface area contributed by atoms with Crippen molar-refractivity contribution in [3.63, 3.8) is 0 Å². The normalized spacial score (nSPS) is 24.9. The number of nitrogens with zero attached hydrogens (tertiary/aromatic N) is 3. The number of benzene rings is 1. The third-order valence-corrected chi connectivity index (χ3v) is 5.82. The largest absolute Gasteiger partial charge is 0.379 e. The molecule has 2 saturated heterocycles. The summed E-state index contributed by atoms with van der Waals surface area (Å²) in [6.07, 6.45) is 0.491. The number of fused-ring (bicyclic) bond motifs is 3. The van der Waals surface area contributed by atoms with Gasteiger partial charge in [-0.15, -0.1) is 0 Å². The zero-order valence-corrected chi connectivity index (χ0v) is 15.8. The van der Waals surface area contributed by atoms with Crippen LogP contribution in [0.2, 0.25) is 0 Å². The topological polar surface area (TPSA) is 97.2 Å². The highest BCUT2D eigenvalue weighted by molar-refractivity contribution is 5.82. The van der Waals surface area contributed by atoms with Gasteiger partial charge in [-0.2, -0.15) is 0 Å². The van der Waals surface area contributed by atoms with Crippen LogP contribution in [0.3, 0.4) is 0 Å². The summed E-state index contributed by atoms with van der Waals surface area (Å²) in [5, 5.41) is 14.2. The highest BCUT2D eigenvalue weighted by atomic mass is 16.6. The SMILES string of the molecule is O=C(NCCN1CCOCC1)C1Cc2cc([N+](=O)[O-])ccc2N2CCOCC12. The Bertz CT molecular complexity index is 737. The monoisotopic (exact) mass is 390 g/mol. The molecule has 9 heteroatoms. The zero-order chi connectivity index (χ0) is 19.5. The van der Waals surface area contributed by atoms with E-state index in [1.165, 1.54) is 6.07 Å². The molecule has 0 bridgehead atoms. The molecule has 3 aliphatic rings. The van der Waals surface area contributed by atoms with Crippen molar-refractivity contribution in [3.05, 3.63) is 33.9 Å². The van der Waals surface area contributed by atoms with Crippen molar-refractivity contribution in [2.24, 2.45) is 5.92 Å². The Morgan fingerprint density at radius 1 is 1.21 bits per heavy atom. The van der Waals surface area contributed by atoms with Crippen LogP contribution in [0, 0.1) is 16.0 Å². The molecular weight excluding hydrogens is 364 g/mol. The number of amides is 1. The lowest BCUT2D eigenvalue weighted by atomic mass is 9.84. The van der Waals surface area contributed by atoms with E-state index in [9.17, 15) is 14.9 Å². The molecule has 0 aliphatic carbocycles. The third kappa shape index (κ3) is 3.96. The number of carbonyl (C=O) groups excluding carboxylic acids is 1. The van der Waals surface area contributed by atoms with Gasteiger partial charge in [0.15, 0.2) is 0 Å². The van der Waals surface area contributed by atoms with Crippen LogP contribution >= 0.6 is 0 Å². The Hall–Kier alpha value is -2.23. The molecule has 3 heterocycles. The number of hydrogen-bond acceptors (Lipinski definition) is 7. The van der Waals surface area contributed by atoms with Crippen molar-refractivity contribution in [2.45, 2.75) is 12.5 Å². The van der Waals surface area contributed by atoms with Crippen molar-refractivity contribution in [1.29, 1.82) is 0 Å². The van der Waals surface area contributed by atoms with Crippen LogP contribution in [0.15, 0.2) is 18.2 Å². The summed E-state index contributed by atoms with van der Waals surface area (Å²) < 4.78 is 11.0. The highest BCUT2D eigenvalue weighted by Gasteiger charge is 2.40. The van der Waals surface area contributed by atoms with Gasteiger partial charge in [0.25, 0.3) is 5.69 Å². The van der Waals surface area contributed by atoms with E-state index in [2.05, 4.69) is 15.1 Å².